The van der Waals surface area contributed by atoms with Gasteiger partial charge in [-0.3, -0.25) is 0 Å². The van der Waals surface area contributed by atoms with E-state index < -0.39 is 0 Å². The number of nitrogens with zero attached hydrogens (tertiary/aromatic N) is 3. The van der Waals surface area contributed by atoms with Crippen molar-refractivity contribution in [1.29, 1.82) is 0 Å². The van der Waals surface area contributed by atoms with Crippen LogP contribution < -0.4 is 0 Å². The van der Waals surface area contributed by atoms with Crippen molar-refractivity contribution in [2.24, 2.45) is 0 Å². The highest BCUT2D eigenvalue weighted by Crippen LogP contribution is 2.01. The Balaban J connectivity index is 1.86. The van der Waals surface area contributed by atoms with Crippen molar-refractivity contribution in [1.82, 2.24) is 14.7 Å². The van der Waals surface area contributed by atoms with Crippen LogP contribution in [-0.2, 0) is 33.3 Å². The van der Waals surface area contributed by atoms with E-state index in [1.807, 2.05) is 18.9 Å². The van der Waals surface area contributed by atoms with Crippen molar-refractivity contribution in [3.8, 4) is 0 Å². The molecule has 10 heteroatoms. The van der Waals surface area contributed by atoms with Gasteiger partial charge in [0.05, 0.1) is 39.6 Å². The molecule has 1 fully saturated rings. The average molecular weight is 500 g/mol. The summed E-state index contributed by atoms with van der Waals surface area (Å²) in [6, 6.07) is 0. The molecule has 0 amide bonds. The molecule has 0 aliphatic carbocycles. The van der Waals surface area contributed by atoms with E-state index in [9.17, 15) is 9.59 Å². The Hall–Kier alpha value is -1.98. The Morgan fingerprint density at radius 2 is 1.31 bits per heavy atom. The van der Waals surface area contributed by atoms with E-state index in [2.05, 4.69) is 16.8 Å². The van der Waals surface area contributed by atoms with Crippen LogP contribution in [0.15, 0.2) is 24.4 Å². The third kappa shape index (κ3) is 19.0. The minimum absolute atomic E-state index is 0.200. The lowest BCUT2D eigenvalue weighted by atomic mass is 10.3. The van der Waals surface area contributed by atoms with Gasteiger partial charge in [-0.15, -0.1) is 0 Å². The molecule has 1 rings (SSSR count). The second-order valence-electron chi connectivity index (χ2n) is 8.28. The maximum Gasteiger partial charge on any atom is 0.332 e. The van der Waals surface area contributed by atoms with Crippen molar-refractivity contribution < 1.29 is 33.3 Å². The third-order valence-electron chi connectivity index (χ3n) is 5.22. The third-order valence-corrected chi connectivity index (χ3v) is 5.22. The van der Waals surface area contributed by atoms with E-state index in [0.717, 1.165) is 52.1 Å². The Morgan fingerprint density at radius 3 is 1.86 bits per heavy atom. The predicted octanol–water partition coefficient (Wildman–Crippen LogP) is 1.17. The fourth-order valence-electron chi connectivity index (χ4n) is 3.13. The van der Waals surface area contributed by atoms with Crippen LogP contribution in [-0.4, -0.2) is 133 Å². The summed E-state index contributed by atoms with van der Waals surface area (Å²) < 4.78 is 26.2. The molecule has 0 radical (unpaired) electrons. The van der Waals surface area contributed by atoms with Crippen LogP contribution in [0, 0.1) is 0 Å². The van der Waals surface area contributed by atoms with Crippen LogP contribution in [0.1, 0.15) is 19.8 Å². The van der Waals surface area contributed by atoms with Crippen LogP contribution in [0.3, 0.4) is 0 Å². The Morgan fingerprint density at radius 1 is 0.800 bits per heavy atom. The lowest BCUT2D eigenvalue weighted by Crippen LogP contribution is -2.45. The van der Waals surface area contributed by atoms with Gasteiger partial charge in [-0.2, -0.15) is 0 Å². The molecule has 0 aromatic carbocycles. The normalized spacial score (nSPS) is 15.2. The van der Waals surface area contributed by atoms with Crippen molar-refractivity contribution >= 4 is 11.9 Å². The maximum absolute atomic E-state index is 11.8. The largest absolute Gasteiger partial charge is 0.460 e. The number of allylic oxidation sites excluding steroid dienone is 1. The fourth-order valence-corrected chi connectivity index (χ4v) is 3.13. The number of likely N-dealkylation sites (N-methyl/N-ethyl adjacent to an activating group) is 1. The summed E-state index contributed by atoms with van der Waals surface area (Å²) in [5, 5.41) is 0. The molecule has 1 saturated heterocycles. The van der Waals surface area contributed by atoms with Crippen LogP contribution in [0.2, 0.25) is 0 Å². The van der Waals surface area contributed by atoms with E-state index in [4.69, 9.17) is 23.7 Å². The van der Waals surface area contributed by atoms with Gasteiger partial charge in [-0.05, 0) is 26.4 Å². The fraction of sp³-hybridized carbons (Fsp3) is 0.760. The highest BCUT2D eigenvalue weighted by atomic mass is 16.6. The first-order valence-electron chi connectivity index (χ1n) is 12.5. The van der Waals surface area contributed by atoms with Gasteiger partial charge in [0.1, 0.15) is 13.2 Å². The maximum atomic E-state index is 11.8. The van der Waals surface area contributed by atoms with Gasteiger partial charge in [0.2, 0.25) is 0 Å². The number of rotatable bonds is 20. The van der Waals surface area contributed by atoms with Gasteiger partial charge in [0.15, 0.2) is 0 Å². The molecule has 0 spiro atoms. The summed E-state index contributed by atoms with van der Waals surface area (Å²) in [5.41, 5.74) is 0. The zero-order valence-corrected chi connectivity index (χ0v) is 21.8. The zero-order chi connectivity index (χ0) is 25.6. The standard InChI is InChI=1S/C25H45N3O7/c1-4-5-7-24(29)34-22-20-32-18-16-31-17-19-33-21-23-35-25(30)8-11-26(2)9-6-10-28-14-12-27(3)13-15-28/h5,7-8,11H,4,6,9-10,12-23H2,1-3H3/b7-5+,11-8+. The van der Waals surface area contributed by atoms with E-state index in [0.29, 0.717) is 39.6 Å². The molecule has 1 aliphatic heterocycles. The Kier molecular flexibility index (Phi) is 18.9. The molecule has 0 aromatic heterocycles. The summed E-state index contributed by atoms with van der Waals surface area (Å²) in [7, 11) is 4.12. The quantitative estimate of drug-likeness (QED) is 0.138. The van der Waals surface area contributed by atoms with Crippen molar-refractivity contribution in [2.75, 3.05) is 106 Å². The average Bonchev–Trinajstić information content (AvgIpc) is 2.85. The molecule has 202 valence electrons. The van der Waals surface area contributed by atoms with Crippen LogP contribution in [0.4, 0.5) is 0 Å². The Labute approximate surface area is 210 Å². The van der Waals surface area contributed by atoms with Crippen molar-refractivity contribution in [3.05, 3.63) is 24.4 Å². The Bertz CT molecular complexity index is 608. The monoisotopic (exact) mass is 499 g/mol. The molecule has 35 heavy (non-hydrogen) atoms. The van der Waals surface area contributed by atoms with E-state index >= 15 is 0 Å². The number of carbonyl (C=O) groups is 2. The minimum Gasteiger partial charge on any atom is -0.460 e. The second-order valence-corrected chi connectivity index (χ2v) is 8.28. The molecule has 0 N–H and O–H groups in total. The first-order chi connectivity index (χ1) is 17.0. The lowest BCUT2D eigenvalue weighted by Gasteiger charge is -2.32. The van der Waals surface area contributed by atoms with E-state index in [1.54, 1.807) is 12.3 Å². The molecule has 0 bridgehead atoms. The van der Waals surface area contributed by atoms with Crippen LogP contribution in [0.5, 0.6) is 0 Å². The predicted molar refractivity (Wildman–Crippen MR) is 134 cm³/mol. The summed E-state index contributed by atoms with van der Waals surface area (Å²) in [5.74, 6) is -0.731. The number of esters is 2. The number of piperazine rings is 1. The highest BCUT2D eigenvalue weighted by Gasteiger charge is 2.12. The zero-order valence-electron chi connectivity index (χ0n) is 21.8. The van der Waals surface area contributed by atoms with Gasteiger partial charge < -0.3 is 38.4 Å². The topological polar surface area (TPSA) is 90.0 Å². The molecular weight excluding hydrogens is 454 g/mol. The molecule has 1 aliphatic rings. The lowest BCUT2D eigenvalue weighted by molar-refractivity contribution is -0.140. The SMILES string of the molecule is CC/C=C/C(=O)OCCOCCOCCOCCOC(=O)/C=C/N(C)CCCN1CCN(C)CC1. The van der Waals surface area contributed by atoms with Gasteiger partial charge in [-0.1, -0.05) is 13.0 Å². The van der Waals surface area contributed by atoms with E-state index in [1.165, 1.54) is 12.2 Å². The smallest absolute Gasteiger partial charge is 0.332 e. The number of ether oxygens (including phenoxy) is 5. The number of carbonyl (C=O) groups excluding carboxylic acids is 2. The molecule has 0 aromatic rings. The molecule has 0 unspecified atom stereocenters. The summed E-state index contributed by atoms with van der Waals surface area (Å²) in [4.78, 5) is 29.9. The van der Waals surface area contributed by atoms with Gasteiger partial charge in [-0.25, -0.2) is 9.59 Å². The van der Waals surface area contributed by atoms with Gasteiger partial charge in [0, 0.05) is 58.1 Å². The number of hydrogen-bond acceptors (Lipinski definition) is 10. The molecular formula is C25H45N3O7. The number of hydrogen-bond donors (Lipinski definition) is 0. The van der Waals surface area contributed by atoms with Gasteiger partial charge >= 0.3 is 11.9 Å². The van der Waals surface area contributed by atoms with Crippen molar-refractivity contribution in [2.45, 2.75) is 19.8 Å². The first-order valence-corrected chi connectivity index (χ1v) is 12.5. The van der Waals surface area contributed by atoms with Crippen LogP contribution in [0.25, 0.3) is 0 Å². The molecule has 0 atom stereocenters. The van der Waals surface area contributed by atoms with Crippen molar-refractivity contribution in [3.63, 3.8) is 0 Å². The summed E-state index contributed by atoms with van der Waals surface area (Å²) >= 11 is 0. The first kappa shape index (κ1) is 31.1. The summed E-state index contributed by atoms with van der Waals surface area (Å²) in [6.45, 7) is 11.2. The molecule has 10 nitrogen and oxygen atoms in total. The van der Waals surface area contributed by atoms with Crippen LogP contribution >= 0.6 is 0 Å². The van der Waals surface area contributed by atoms with Gasteiger partial charge in [0.25, 0.3) is 0 Å². The van der Waals surface area contributed by atoms with E-state index in [-0.39, 0.29) is 25.2 Å². The minimum atomic E-state index is -0.375. The summed E-state index contributed by atoms with van der Waals surface area (Å²) in [6.07, 6.45) is 8.23. The highest BCUT2D eigenvalue weighted by molar-refractivity contribution is 5.82. The molecule has 0 saturated carbocycles. The second kappa shape index (κ2) is 21.3. The molecule has 1 heterocycles.